The highest BCUT2D eigenvalue weighted by molar-refractivity contribution is 5.73. The Hall–Kier alpha value is -0.570. The molecule has 1 rings (SSSR count). The van der Waals surface area contributed by atoms with Crippen molar-refractivity contribution in [2.75, 3.05) is 19.7 Å². The van der Waals surface area contributed by atoms with Gasteiger partial charge >= 0.3 is 0 Å². The normalized spacial score (nSPS) is 23.2. The van der Waals surface area contributed by atoms with Crippen LogP contribution in [-0.4, -0.2) is 36.6 Å². The number of rotatable bonds is 3. The molecule has 0 aliphatic carbocycles. The van der Waals surface area contributed by atoms with E-state index in [1.54, 1.807) is 6.92 Å². The van der Waals surface area contributed by atoms with Crippen molar-refractivity contribution in [3.63, 3.8) is 0 Å². The molecule has 1 amide bonds. The fourth-order valence-corrected chi connectivity index (χ4v) is 1.61. The van der Waals surface area contributed by atoms with Crippen LogP contribution < -0.4 is 0 Å². The van der Waals surface area contributed by atoms with Crippen molar-refractivity contribution in [2.45, 2.75) is 39.2 Å². The van der Waals surface area contributed by atoms with E-state index in [2.05, 4.69) is 6.92 Å². The first-order valence-corrected chi connectivity index (χ1v) is 5.11. The van der Waals surface area contributed by atoms with Gasteiger partial charge < -0.3 is 9.64 Å². The van der Waals surface area contributed by atoms with Gasteiger partial charge in [0.2, 0.25) is 5.91 Å². The van der Waals surface area contributed by atoms with Crippen LogP contribution in [0.25, 0.3) is 0 Å². The highest BCUT2D eigenvalue weighted by atomic mass is 16.5. The number of hydrogen-bond donors (Lipinski definition) is 0. The molecule has 0 bridgehead atoms. The fraction of sp³-hybridized carbons (Fsp3) is 0.900. The minimum Gasteiger partial charge on any atom is -0.375 e. The molecule has 0 aromatic heterocycles. The summed E-state index contributed by atoms with van der Waals surface area (Å²) in [6.45, 7) is 6.05. The average Bonchev–Trinajstić information content (AvgIpc) is 2.15. The number of ether oxygens (including phenoxy) is 1. The van der Waals surface area contributed by atoms with E-state index in [-0.39, 0.29) is 12.0 Å². The summed E-state index contributed by atoms with van der Waals surface area (Å²) in [4.78, 5) is 13.0. The summed E-state index contributed by atoms with van der Waals surface area (Å²) in [5, 5.41) is 0. The molecule has 0 N–H and O–H groups in total. The van der Waals surface area contributed by atoms with Gasteiger partial charge in [0.1, 0.15) is 0 Å². The minimum absolute atomic E-state index is 0.171. The van der Waals surface area contributed by atoms with E-state index >= 15 is 0 Å². The Labute approximate surface area is 80.1 Å². The number of nitrogens with zero attached hydrogens (tertiary/aromatic N) is 1. The van der Waals surface area contributed by atoms with Crippen LogP contribution in [0.15, 0.2) is 0 Å². The molecule has 76 valence electrons. The van der Waals surface area contributed by atoms with Gasteiger partial charge in [0.05, 0.1) is 12.7 Å². The SMILES string of the molecule is CCCC[C@@H]1CN(C(C)=O)CCO1. The van der Waals surface area contributed by atoms with Crippen LogP contribution in [0.3, 0.4) is 0 Å². The van der Waals surface area contributed by atoms with E-state index in [9.17, 15) is 4.79 Å². The van der Waals surface area contributed by atoms with Gasteiger partial charge in [0, 0.05) is 20.0 Å². The molecule has 1 aliphatic heterocycles. The highest BCUT2D eigenvalue weighted by Gasteiger charge is 2.21. The molecule has 13 heavy (non-hydrogen) atoms. The quantitative estimate of drug-likeness (QED) is 0.665. The number of carbonyl (C=O) groups is 1. The molecule has 3 nitrogen and oxygen atoms in total. The van der Waals surface area contributed by atoms with Crippen molar-refractivity contribution in [2.24, 2.45) is 0 Å². The number of unbranched alkanes of at least 4 members (excludes halogenated alkanes) is 1. The molecule has 1 aliphatic rings. The van der Waals surface area contributed by atoms with Gasteiger partial charge in [-0.1, -0.05) is 19.8 Å². The van der Waals surface area contributed by atoms with Crippen molar-refractivity contribution in [3.05, 3.63) is 0 Å². The standard InChI is InChI=1S/C10H19NO2/c1-3-4-5-10-8-11(9(2)12)6-7-13-10/h10H,3-8H2,1-2H3/t10-/m1/s1. The second kappa shape index (κ2) is 5.22. The number of morpholine rings is 1. The van der Waals surface area contributed by atoms with Gasteiger partial charge in [-0.05, 0) is 6.42 Å². The fourth-order valence-electron chi connectivity index (χ4n) is 1.61. The van der Waals surface area contributed by atoms with Crippen LogP contribution in [0.2, 0.25) is 0 Å². The van der Waals surface area contributed by atoms with Gasteiger partial charge in [0.15, 0.2) is 0 Å². The van der Waals surface area contributed by atoms with E-state index in [0.29, 0.717) is 6.61 Å². The highest BCUT2D eigenvalue weighted by Crippen LogP contribution is 2.11. The maximum atomic E-state index is 11.1. The minimum atomic E-state index is 0.171. The summed E-state index contributed by atoms with van der Waals surface area (Å²) in [5.74, 6) is 0.171. The Bertz CT molecular complexity index is 170. The van der Waals surface area contributed by atoms with Crippen LogP contribution in [0.1, 0.15) is 33.1 Å². The lowest BCUT2D eigenvalue weighted by Gasteiger charge is -2.32. The van der Waals surface area contributed by atoms with E-state index in [1.165, 1.54) is 12.8 Å². The molecule has 0 aromatic rings. The largest absolute Gasteiger partial charge is 0.375 e. The molecule has 0 saturated carbocycles. The van der Waals surface area contributed by atoms with Gasteiger partial charge in [-0.25, -0.2) is 0 Å². The molecular formula is C10H19NO2. The molecule has 1 saturated heterocycles. The number of carbonyl (C=O) groups excluding carboxylic acids is 1. The van der Waals surface area contributed by atoms with Crippen LogP contribution in [0.5, 0.6) is 0 Å². The summed E-state index contributed by atoms with van der Waals surface area (Å²) in [6, 6.07) is 0. The smallest absolute Gasteiger partial charge is 0.219 e. The van der Waals surface area contributed by atoms with Crippen LogP contribution in [-0.2, 0) is 9.53 Å². The lowest BCUT2D eigenvalue weighted by molar-refractivity contribution is -0.136. The van der Waals surface area contributed by atoms with E-state index in [0.717, 1.165) is 19.5 Å². The molecule has 3 heteroatoms. The topological polar surface area (TPSA) is 29.5 Å². The molecule has 1 heterocycles. The maximum Gasteiger partial charge on any atom is 0.219 e. The lowest BCUT2D eigenvalue weighted by Crippen LogP contribution is -2.44. The lowest BCUT2D eigenvalue weighted by atomic mass is 10.1. The van der Waals surface area contributed by atoms with Gasteiger partial charge in [-0.2, -0.15) is 0 Å². The van der Waals surface area contributed by atoms with Crippen molar-refractivity contribution in [3.8, 4) is 0 Å². The Kier molecular flexibility index (Phi) is 4.22. The van der Waals surface area contributed by atoms with E-state index in [4.69, 9.17) is 4.74 Å². The third-order valence-electron chi connectivity index (χ3n) is 2.46. The second-order valence-corrected chi connectivity index (χ2v) is 3.60. The van der Waals surface area contributed by atoms with Gasteiger partial charge in [0.25, 0.3) is 0 Å². The molecule has 0 aromatic carbocycles. The van der Waals surface area contributed by atoms with Crippen molar-refractivity contribution in [1.29, 1.82) is 0 Å². The number of amides is 1. The van der Waals surface area contributed by atoms with Gasteiger partial charge in [-0.15, -0.1) is 0 Å². The monoisotopic (exact) mass is 185 g/mol. The van der Waals surface area contributed by atoms with Crippen molar-refractivity contribution in [1.82, 2.24) is 4.90 Å². The molecule has 0 radical (unpaired) electrons. The Balaban J connectivity index is 2.29. The molecule has 1 fully saturated rings. The van der Waals surface area contributed by atoms with Crippen molar-refractivity contribution >= 4 is 5.91 Å². The molecular weight excluding hydrogens is 166 g/mol. The molecule has 1 atom stereocenters. The Morgan fingerprint density at radius 1 is 1.62 bits per heavy atom. The first kappa shape index (κ1) is 10.5. The molecule has 0 spiro atoms. The Morgan fingerprint density at radius 2 is 2.38 bits per heavy atom. The number of hydrogen-bond acceptors (Lipinski definition) is 2. The zero-order valence-electron chi connectivity index (χ0n) is 8.58. The zero-order chi connectivity index (χ0) is 9.68. The summed E-state index contributed by atoms with van der Waals surface area (Å²) >= 11 is 0. The van der Waals surface area contributed by atoms with E-state index < -0.39 is 0 Å². The van der Waals surface area contributed by atoms with Crippen LogP contribution in [0, 0.1) is 0 Å². The predicted octanol–water partition coefficient (Wildman–Crippen LogP) is 1.42. The third kappa shape index (κ3) is 3.35. The van der Waals surface area contributed by atoms with Gasteiger partial charge in [-0.3, -0.25) is 4.79 Å². The van der Waals surface area contributed by atoms with Crippen LogP contribution >= 0.6 is 0 Å². The summed E-state index contributed by atoms with van der Waals surface area (Å²) in [6.07, 6.45) is 3.74. The predicted molar refractivity (Wildman–Crippen MR) is 51.5 cm³/mol. The summed E-state index contributed by atoms with van der Waals surface area (Å²) in [7, 11) is 0. The zero-order valence-corrected chi connectivity index (χ0v) is 8.58. The molecule has 0 unspecified atom stereocenters. The van der Waals surface area contributed by atoms with E-state index in [1.807, 2.05) is 4.90 Å². The summed E-state index contributed by atoms with van der Waals surface area (Å²) < 4.78 is 5.57. The Morgan fingerprint density at radius 3 is 3.00 bits per heavy atom. The average molecular weight is 185 g/mol. The second-order valence-electron chi connectivity index (χ2n) is 3.60. The first-order chi connectivity index (χ1) is 6.24. The summed E-state index contributed by atoms with van der Waals surface area (Å²) in [5.41, 5.74) is 0. The van der Waals surface area contributed by atoms with Crippen LogP contribution in [0.4, 0.5) is 0 Å². The maximum absolute atomic E-state index is 11.1. The van der Waals surface area contributed by atoms with Crippen molar-refractivity contribution < 1.29 is 9.53 Å². The third-order valence-corrected chi connectivity index (χ3v) is 2.46. The first-order valence-electron chi connectivity index (χ1n) is 5.11.